The first-order valence-corrected chi connectivity index (χ1v) is 13.5. The van der Waals surface area contributed by atoms with Crippen molar-refractivity contribution in [2.24, 2.45) is 5.10 Å². The molecule has 0 spiro atoms. The fourth-order valence-electron chi connectivity index (χ4n) is 3.40. The molecule has 0 bridgehead atoms. The standard InChI is InChI=1S/C27H30N4O6S/c1-20(22-7-5-4-6-8-22)29-27(33)19-37-25-13-9-21(10-14-25)17-28-30-26(32)18-31(38(3,34)35)23-11-15-24(36-2)16-12-23/h4-17,20H,18-19H2,1-3H3,(H,29,33)(H,30,32)/b28-17-/t20-/m0/s1. The molecule has 2 N–H and O–H groups in total. The molecule has 0 saturated carbocycles. The molecule has 0 saturated heterocycles. The van der Waals surface area contributed by atoms with Crippen molar-refractivity contribution < 1.29 is 27.5 Å². The maximum absolute atomic E-state index is 12.3. The van der Waals surface area contributed by atoms with Gasteiger partial charge in [0.1, 0.15) is 18.0 Å². The minimum atomic E-state index is -3.71. The van der Waals surface area contributed by atoms with Crippen LogP contribution in [0.2, 0.25) is 0 Å². The summed E-state index contributed by atoms with van der Waals surface area (Å²) in [5.74, 6) is 0.205. The molecule has 38 heavy (non-hydrogen) atoms. The lowest BCUT2D eigenvalue weighted by Crippen LogP contribution is -2.39. The summed E-state index contributed by atoms with van der Waals surface area (Å²) in [6, 6.07) is 22.6. The molecule has 0 aliphatic heterocycles. The SMILES string of the molecule is COc1ccc(N(CC(=O)N/N=C\c2ccc(OCC(=O)N[C@@H](C)c3ccccc3)cc2)S(C)(=O)=O)cc1. The lowest BCUT2D eigenvalue weighted by atomic mass is 10.1. The molecular weight excluding hydrogens is 508 g/mol. The quantitative estimate of drug-likeness (QED) is 0.270. The van der Waals surface area contributed by atoms with Gasteiger partial charge in [-0.25, -0.2) is 13.8 Å². The zero-order valence-corrected chi connectivity index (χ0v) is 22.1. The van der Waals surface area contributed by atoms with Gasteiger partial charge < -0.3 is 14.8 Å². The van der Waals surface area contributed by atoms with Gasteiger partial charge in [-0.15, -0.1) is 0 Å². The number of amides is 2. The van der Waals surface area contributed by atoms with Gasteiger partial charge in [0.2, 0.25) is 10.0 Å². The Hall–Kier alpha value is -4.38. The van der Waals surface area contributed by atoms with Crippen LogP contribution >= 0.6 is 0 Å². The Kier molecular flexibility index (Phi) is 9.83. The maximum Gasteiger partial charge on any atom is 0.260 e. The predicted octanol–water partition coefficient (Wildman–Crippen LogP) is 2.87. The van der Waals surface area contributed by atoms with Crippen molar-refractivity contribution >= 4 is 33.7 Å². The van der Waals surface area contributed by atoms with Gasteiger partial charge in [-0.1, -0.05) is 30.3 Å². The third kappa shape index (κ3) is 8.63. The number of hydrazone groups is 1. The van der Waals surface area contributed by atoms with Crippen LogP contribution in [0, 0.1) is 0 Å². The number of anilines is 1. The van der Waals surface area contributed by atoms with Gasteiger partial charge in [-0.2, -0.15) is 5.10 Å². The molecule has 3 aromatic rings. The van der Waals surface area contributed by atoms with Crippen molar-refractivity contribution in [2.75, 3.05) is 30.8 Å². The first-order chi connectivity index (χ1) is 18.2. The number of rotatable bonds is 12. The molecule has 200 valence electrons. The summed E-state index contributed by atoms with van der Waals surface area (Å²) in [6.45, 7) is 1.32. The summed E-state index contributed by atoms with van der Waals surface area (Å²) in [5, 5.41) is 6.77. The van der Waals surface area contributed by atoms with E-state index in [2.05, 4.69) is 15.8 Å². The molecule has 0 radical (unpaired) electrons. The van der Waals surface area contributed by atoms with Crippen molar-refractivity contribution in [2.45, 2.75) is 13.0 Å². The van der Waals surface area contributed by atoms with Crippen LogP contribution in [0.5, 0.6) is 11.5 Å². The van der Waals surface area contributed by atoms with E-state index in [0.29, 0.717) is 22.7 Å². The van der Waals surface area contributed by atoms with Gasteiger partial charge in [0, 0.05) is 0 Å². The van der Waals surface area contributed by atoms with E-state index in [1.165, 1.54) is 13.3 Å². The minimum Gasteiger partial charge on any atom is -0.497 e. The lowest BCUT2D eigenvalue weighted by molar-refractivity contribution is -0.123. The van der Waals surface area contributed by atoms with Crippen molar-refractivity contribution in [3.05, 3.63) is 90.0 Å². The molecule has 0 unspecified atom stereocenters. The summed E-state index contributed by atoms with van der Waals surface area (Å²) in [5.41, 5.74) is 4.32. The molecule has 0 aromatic heterocycles. The molecule has 0 aliphatic carbocycles. The highest BCUT2D eigenvalue weighted by Crippen LogP contribution is 2.21. The second-order valence-corrected chi connectivity index (χ2v) is 10.2. The lowest BCUT2D eigenvalue weighted by Gasteiger charge is -2.21. The number of nitrogens with zero attached hydrogens (tertiary/aromatic N) is 2. The van der Waals surface area contributed by atoms with Crippen LogP contribution in [0.25, 0.3) is 0 Å². The van der Waals surface area contributed by atoms with Gasteiger partial charge in [0.25, 0.3) is 11.8 Å². The first kappa shape index (κ1) is 28.2. The zero-order chi connectivity index (χ0) is 27.5. The highest BCUT2D eigenvalue weighted by molar-refractivity contribution is 7.92. The molecule has 11 heteroatoms. The first-order valence-electron chi connectivity index (χ1n) is 11.7. The van der Waals surface area contributed by atoms with Crippen LogP contribution in [-0.2, 0) is 19.6 Å². The Labute approximate surface area is 222 Å². The smallest absolute Gasteiger partial charge is 0.260 e. The van der Waals surface area contributed by atoms with E-state index in [-0.39, 0.29) is 18.6 Å². The second kappa shape index (κ2) is 13.2. The Bertz CT molecular complexity index is 1340. The van der Waals surface area contributed by atoms with Crippen LogP contribution < -0.4 is 24.5 Å². The third-order valence-electron chi connectivity index (χ3n) is 5.38. The second-order valence-electron chi connectivity index (χ2n) is 8.32. The van der Waals surface area contributed by atoms with E-state index in [0.717, 1.165) is 16.1 Å². The van der Waals surface area contributed by atoms with Crippen molar-refractivity contribution in [3.63, 3.8) is 0 Å². The molecular formula is C27H30N4O6S. The summed E-state index contributed by atoms with van der Waals surface area (Å²) >= 11 is 0. The number of sulfonamides is 1. The summed E-state index contributed by atoms with van der Waals surface area (Å²) in [7, 11) is -2.21. The molecule has 2 amide bonds. The summed E-state index contributed by atoms with van der Waals surface area (Å²) in [6.07, 6.45) is 2.43. The van der Waals surface area contributed by atoms with Gasteiger partial charge in [0.15, 0.2) is 6.61 Å². The average molecular weight is 539 g/mol. The number of hydrogen-bond acceptors (Lipinski definition) is 7. The van der Waals surface area contributed by atoms with E-state index in [1.54, 1.807) is 48.5 Å². The van der Waals surface area contributed by atoms with Crippen LogP contribution in [0.4, 0.5) is 5.69 Å². The topological polar surface area (TPSA) is 126 Å². The van der Waals surface area contributed by atoms with E-state index in [9.17, 15) is 18.0 Å². The highest BCUT2D eigenvalue weighted by Gasteiger charge is 2.20. The number of carbonyl (C=O) groups excluding carboxylic acids is 2. The average Bonchev–Trinajstić information content (AvgIpc) is 2.91. The Morgan fingerprint density at radius 2 is 1.58 bits per heavy atom. The monoisotopic (exact) mass is 538 g/mol. The van der Waals surface area contributed by atoms with E-state index in [1.807, 2.05) is 37.3 Å². The van der Waals surface area contributed by atoms with Gasteiger partial charge >= 0.3 is 0 Å². The van der Waals surface area contributed by atoms with Crippen molar-refractivity contribution in [3.8, 4) is 11.5 Å². The van der Waals surface area contributed by atoms with E-state index < -0.39 is 22.5 Å². The molecule has 1 atom stereocenters. The van der Waals surface area contributed by atoms with Crippen LogP contribution in [-0.4, -0.2) is 53.0 Å². The fraction of sp³-hybridized carbons (Fsp3) is 0.222. The molecule has 0 fully saturated rings. The number of benzene rings is 3. The summed E-state index contributed by atoms with van der Waals surface area (Å²) in [4.78, 5) is 24.5. The normalized spacial score (nSPS) is 12.0. The van der Waals surface area contributed by atoms with Crippen molar-refractivity contribution in [1.82, 2.24) is 10.7 Å². The largest absolute Gasteiger partial charge is 0.497 e. The fourth-order valence-corrected chi connectivity index (χ4v) is 4.26. The Morgan fingerprint density at radius 3 is 2.18 bits per heavy atom. The summed E-state index contributed by atoms with van der Waals surface area (Å²) < 4.78 is 36.0. The van der Waals surface area contributed by atoms with Crippen molar-refractivity contribution in [1.29, 1.82) is 0 Å². The van der Waals surface area contributed by atoms with E-state index >= 15 is 0 Å². The van der Waals surface area contributed by atoms with Gasteiger partial charge in [-0.05, 0) is 66.6 Å². The van der Waals surface area contributed by atoms with Crippen LogP contribution in [0.1, 0.15) is 24.1 Å². The molecule has 10 nitrogen and oxygen atoms in total. The number of methoxy groups -OCH3 is 1. The number of carbonyl (C=O) groups is 2. The van der Waals surface area contributed by atoms with E-state index in [4.69, 9.17) is 9.47 Å². The number of hydrogen-bond donors (Lipinski definition) is 2. The number of ether oxygens (including phenoxy) is 2. The molecule has 0 heterocycles. The van der Waals surface area contributed by atoms with Crippen LogP contribution in [0.3, 0.4) is 0 Å². The molecule has 3 aromatic carbocycles. The minimum absolute atomic E-state index is 0.133. The Balaban J connectivity index is 1.48. The van der Waals surface area contributed by atoms with Gasteiger partial charge in [-0.3, -0.25) is 13.9 Å². The third-order valence-corrected chi connectivity index (χ3v) is 6.52. The van der Waals surface area contributed by atoms with Crippen LogP contribution in [0.15, 0.2) is 84.0 Å². The molecule has 3 rings (SSSR count). The van der Waals surface area contributed by atoms with Gasteiger partial charge in [0.05, 0.1) is 31.3 Å². The Morgan fingerprint density at radius 1 is 0.947 bits per heavy atom. The predicted molar refractivity (Wildman–Crippen MR) is 146 cm³/mol. The zero-order valence-electron chi connectivity index (χ0n) is 21.3. The molecule has 0 aliphatic rings. The highest BCUT2D eigenvalue weighted by atomic mass is 32.2. The number of nitrogens with one attached hydrogen (secondary N) is 2. The maximum atomic E-state index is 12.3.